The zero-order valence-electron chi connectivity index (χ0n) is 18.4. The van der Waals surface area contributed by atoms with Crippen molar-refractivity contribution in [1.82, 2.24) is 14.8 Å². The summed E-state index contributed by atoms with van der Waals surface area (Å²) in [6.45, 7) is 4.79. The van der Waals surface area contributed by atoms with E-state index in [9.17, 15) is 4.79 Å². The van der Waals surface area contributed by atoms with Crippen LogP contribution in [0.5, 0.6) is 0 Å². The molecule has 3 rings (SSSR count). The molecule has 0 radical (unpaired) electrons. The maximum absolute atomic E-state index is 12.5. The van der Waals surface area contributed by atoms with E-state index in [4.69, 9.17) is 11.6 Å². The van der Waals surface area contributed by atoms with Crippen molar-refractivity contribution < 1.29 is 9.69 Å². The van der Waals surface area contributed by atoms with Gasteiger partial charge >= 0.3 is 0 Å². The molecule has 0 spiro atoms. The van der Waals surface area contributed by atoms with E-state index in [1.165, 1.54) is 22.2 Å². The van der Waals surface area contributed by atoms with Gasteiger partial charge in [-0.2, -0.15) is 0 Å². The Hall–Kier alpha value is -2.35. The standard InChI is InChI=1S/C23H28ClN5OS/c1-5-20(28(3)4)22-26-27-23(29(22)14-17-9-7-6-8-10-17)31-15-21(30)25-19-12-11-16(2)13-18(19)24/h6-13,20H,5,14-15H2,1-4H3,(H,25,30)/p+1/t20-/m0/s1. The van der Waals surface area contributed by atoms with Gasteiger partial charge in [0.05, 0.1) is 37.1 Å². The second-order valence-electron chi connectivity index (χ2n) is 7.77. The van der Waals surface area contributed by atoms with Crippen LogP contribution in [0.1, 0.15) is 36.3 Å². The Morgan fingerprint density at radius 3 is 2.58 bits per heavy atom. The maximum Gasteiger partial charge on any atom is 0.234 e. The molecule has 1 aromatic heterocycles. The fourth-order valence-electron chi connectivity index (χ4n) is 3.47. The molecule has 1 heterocycles. The average Bonchev–Trinajstić information content (AvgIpc) is 3.12. The van der Waals surface area contributed by atoms with E-state index >= 15 is 0 Å². The van der Waals surface area contributed by atoms with Crippen molar-refractivity contribution >= 4 is 35.0 Å². The minimum Gasteiger partial charge on any atom is -0.331 e. The van der Waals surface area contributed by atoms with Gasteiger partial charge in [0.1, 0.15) is 6.04 Å². The number of aryl methyl sites for hydroxylation is 1. The number of quaternary nitrogens is 1. The Morgan fingerprint density at radius 2 is 1.94 bits per heavy atom. The second-order valence-corrected chi connectivity index (χ2v) is 9.12. The molecule has 0 aliphatic rings. The summed E-state index contributed by atoms with van der Waals surface area (Å²) < 4.78 is 2.13. The first-order valence-corrected chi connectivity index (χ1v) is 11.7. The molecule has 8 heteroatoms. The smallest absolute Gasteiger partial charge is 0.234 e. The fraction of sp³-hybridized carbons (Fsp3) is 0.348. The van der Waals surface area contributed by atoms with E-state index in [0.29, 0.717) is 17.3 Å². The van der Waals surface area contributed by atoms with Crippen molar-refractivity contribution in [2.24, 2.45) is 0 Å². The first-order valence-electron chi connectivity index (χ1n) is 10.3. The zero-order valence-corrected chi connectivity index (χ0v) is 19.9. The summed E-state index contributed by atoms with van der Waals surface area (Å²) in [5.41, 5.74) is 2.84. The molecule has 1 atom stereocenters. The van der Waals surface area contributed by atoms with Crippen LogP contribution in [0.15, 0.2) is 53.7 Å². The highest BCUT2D eigenvalue weighted by molar-refractivity contribution is 7.99. The second kappa shape index (κ2) is 10.8. The van der Waals surface area contributed by atoms with Gasteiger partial charge in [-0.3, -0.25) is 9.36 Å². The molecule has 164 valence electrons. The predicted octanol–water partition coefficient (Wildman–Crippen LogP) is 3.61. The van der Waals surface area contributed by atoms with E-state index in [2.05, 4.69) is 53.2 Å². The largest absolute Gasteiger partial charge is 0.331 e. The molecule has 2 N–H and O–H groups in total. The van der Waals surface area contributed by atoms with Gasteiger partial charge in [0.15, 0.2) is 11.0 Å². The number of amides is 1. The zero-order chi connectivity index (χ0) is 22.4. The Balaban J connectivity index is 1.78. The Labute approximate surface area is 193 Å². The molecule has 0 aliphatic carbocycles. The van der Waals surface area contributed by atoms with Gasteiger partial charge < -0.3 is 10.2 Å². The molecule has 2 aromatic carbocycles. The highest BCUT2D eigenvalue weighted by Gasteiger charge is 2.25. The molecule has 0 aliphatic heterocycles. The third-order valence-corrected chi connectivity index (χ3v) is 6.36. The normalized spacial score (nSPS) is 12.2. The van der Waals surface area contributed by atoms with Crippen LogP contribution < -0.4 is 10.2 Å². The van der Waals surface area contributed by atoms with Gasteiger partial charge in [0, 0.05) is 6.42 Å². The molecule has 0 fully saturated rings. The van der Waals surface area contributed by atoms with E-state index in [1.54, 1.807) is 0 Å². The predicted molar refractivity (Wildman–Crippen MR) is 127 cm³/mol. The van der Waals surface area contributed by atoms with Crippen molar-refractivity contribution in [1.29, 1.82) is 0 Å². The minimum atomic E-state index is -0.128. The molecule has 0 bridgehead atoms. The summed E-state index contributed by atoms with van der Waals surface area (Å²) in [5.74, 6) is 1.04. The van der Waals surface area contributed by atoms with Crippen LogP contribution in [-0.2, 0) is 11.3 Å². The van der Waals surface area contributed by atoms with Gasteiger partial charge in [0.2, 0.25) is 5.91 Å². The molecular weight excluding hydrogens is 430 g/mol. The molecule has 3 aromatic rings. The third kappa shape index (κ3) is 6.09. The molecule has 0 unspecified atom stereocenters. The summed E-state index contributed by atoms with van der Waals surface area (Å²) in [7, 11) is 4.25. The van der Waals surface area contributed by atoms with Crippen LogP contribution in [0, 0.1) is 6.92 Å². The van der Waals surface area contributed by atoms with Crippen LogP contribution in [0.2, 0.25) is 5.02 Å². The SMILES string of the molecule is CC[C@@H](c1nnc(SCC(=O)Nc2ccc(C)cc2Cl)n1Cc1ccccc1)[NH+](C)C. The number of nitrogens with one attached hydrogen (secondary N) is 2. The number of hydrogen-bond acceptors (Lipinski definition) is 4. The third-order valence-electron chi connectivity index (χ3n) is 5.08. The lowest BCUT2D eigenvalue weighted by Gasteiger charge is -2.20. The van der Waals surface area contributed by atoms with Gasteiger partial charge in [-0.1, -0.05) is 66.7 Å². The summed E-state index contributed by atoms with van der Waals surface area (Å²) in [4.78, 5) is 13.8. The van der Waals surface area contributed by atoms with Crippen LogP contribution >= 0.6 is 23.4 Å². The lowest BCUT2D eigenvalue weighted by Crippen LogP contribution is -3.06. The van der Waals surface area contributed by atoms with Crippen molar-refractivity contribution in [3.63, 3.8) is 0 Å². The molecule has 1 amide bonds. The highest BCUT2D eigenvalue weighted by Crippen LogP contribution is 2.25. The Kier molecular flexibility index (Phi) is 8.12. The monoisotopic (exact) mass is 458 g/mol. The van der Waals surface area contributed by atoms with Crippen LogP contribution in [0.25, 0.3) is 0 Å². The summed E-state index contributed by atoms with van der Waals surface area (Å²) in [5, 5.41) is 13.1. The van der Waals surface area contributed by atoms with E-state index in [1.807, 2.05) is 43.3 Å². The molecular formula is C23H29ClN5OS+. The maximum atomic E-state index is 12.5. The lowest BCUT2D eigenvalue weighted by molar-refractivity contribution is -0.893. The van der Waals surface area contributed by atoms with Crippen LogP contribution in [-0.4, -0.2) is 40.5 Å². The number of rotatable bonds is 9. The van der Waals surface area contributed by atoms with E-state index in [0.717, 1.165) is 23.0 Å². The quantitative estimate of drug-likeness (QED) is 0.481. The summed E-state index contributed by atoms with van der Waals surface area (Å²) in [6.07, 6.45) is 0.951. The van der Waals surface area contributed by atoms with Crippen molar-refractivity contribution in [2.45, 2.75) is 38.0 Å². The number of anilines is 1. The van der Waals surface area contributed by atoms with Crippen molar-refractivity contribution in [2.75, 3.05) is 25.2 Å². The number of hydrogen-bond donors (Lipinski definition) is 2. The van der Waals surface area contributed by atoms with Gasteiger partial charge in [-0.25, -0.2) is 0 Å². The highest BCUT2D eigenvalue weighted by atomic mass is 35.5. The number of benzene rings is 2. The number of halogens is 1. The number of carbonyl (C=O) groups excluding carboxylic acids is 1. The van der Waals surface area contributed by atoms with Crippen molar-refractivity contribution in [3.05, 3.63) is 70.5 Å². The molecule has 0 saturated carbocycles. The summed E-state index contributed by atoms with van der Waals surface area (Å²) >= 11 is 7.63. The van der Waals surface area contributed by atoms with Crippen LogP contribution in [0.4, 0.5) is 5.69 Å². The Morgan fingerprint density at radius 1 is 1.19 bits per heavy atom. The van der Waals surface area contributed by atoms with Gasteiger partial charge in [-0.05, 0) is 30.2 Å². The first-order chi connectivity index (χ1) is 14.9. The Bertz CT molecular complexity index is 1020. The fourth-order valence-corrected chi connectivity index (χ4v) is 4.49. The molecule has 0 saturated heterocycles. The van der Waals surface area contributed by atoms with E-state index < -0.39 is 0 Å². The first kappa shape index (κ1) is 23.3. The van der Waals surface area contributed by atoms with Gasteiger partial charge in [-0.15, -0.1) is 10.2 Å². The van der Waals surface area contributed by atoms with E-state index in [-0.39, 0.29) is 17.7 Å². The topological polar surface area (TPSA) is 64.2 Å². The van der Waals surface area contributed by atoms with Gasteiger partial charge in [0.25, 0.3) is 0 Å². The molecule has 6 nitrogen and oxygen atoms in total. The number of thioether (sulfide) groups is 1. The lowest BCUT2D eigenvalue weighted by atomic mass is 10.2. The average molecular weight is 459 g/mol. The summed E-state index contributed by atoms with van der Waals surface area (Å²) in [6, 6.07) is 16.0. The number of nitrogens with zero attached hydrogens (tertiary/aromatic N) is 3. The number of aromatic nitrogens is 3. The minimum absolute atomic E-state index is 0.128. The van der Waals surface area contributed by atoms with Crippen LogP contribution in [0.3, 0.4) is 0 Å². The van der Waals surface area contributed by atoms with Crippen molar-refractivity contribution in [3.8, 4) is 0 Å². The number of carbonyl (C=O) groups is 1. The molecule has 31 heavy (non-hydrogen) atoms.